The molecule has 6 nitrogen and oxygen atoms in total. The second-order valence-corrected chi connectivity index (χ2v) is 3.93. The molecule has 0 bridgehead atoms. The lowest BCUT2D eigenvalue weighted by Crippen LogP contribution is -2.15. The van der Waals surface area contributed by atoms with Gasteiger partial charge in [0.15, 0.2) is 0 Å². The fourth-order valence-electron chi connectivity index (χ4n) is 1.51. The van der Waals surface area contributed by atoms with Gasteiger partial charge in [0.2, 0.25) is 5.82 Å². The number of carbonyl (C=O) groups excluding carboxylic acids is 1. The van der Waals surface area contributed by atoms with Crippen molar-refractivity contribution >= 4 is 22.8 Å². The third kappa shape index (κ3) is 2.20. The van der Waals surface area contributed by atoms with E-state index in [1.54, 1.807) is 6.20 Å². The van der Waals surface area contributed by atoms with Crippen LogP contribution in [-0.2, 0) is 4.74 Å². The number of aromatic nitrogens is 3. The van der Waals surface area contributed by atoms with Gasteiger partial charge >= 0.3 is 5.97 Å². The van der Waals surface area contributed by atoms with E-state index in [1.165, 1.54) is 7.11 Å². The third-order valence-corrected chi connectivity index (χ3v) is 2.21. The summed E-state index contributed by atoms with van der Waals surface area (Å²) in [6, 6.07) is 2.08. The first-order chi connectivity index (χ1) is 8.11. The molecule has 0 atom stereocenters. The minimum Gasteiger partial charge on any atom is -0.463 e. The van der Waals surface area contributed by atoms with E-state index in [-0.39, 0.29) is 11.9 Å². The number of aromatic amines is 1. The SMILES string of the molecule is COC(=O)c1nc(NC(C)C)c2cc[nH]c2n1. The first-order valence-electron chi connectivity index (χ1n) is 5.31. The summed E-state index contributed by atoms with van der Waals surface area (Å²) in [5, 5.41) is 4.03. The highest BCUT2D eigenvalue weighted by Crippen LogP contribution is 2.20. The van der Waals surface area contributed by atoms with Gasteiger partial charge in [-0.15, -0.1) is 0 Å². The largest absolute Gasteiger partial charge is 0.463 e. The number of hydrogen-bond donors (Lipinski definition) is 2. The van der Waals surface area contributed by atoms with E-state index < -0.39 is 5.97 Å². The molecule has 0 amide bonds. The Kier molecular flexibility index (Phi) is 2.95. The van der Waals surface area contributed by atoms with Gasteiger partial charge in [-0.05, 0) is 19.9 Å². The molecule has 0 aliphatic carbocycles. The molecule has 0 aromatic carbocycles. The van der Waals surface area contributed by atoms with Crippen molar-refractivity contribution in [1.82, 2.24) is 15.0 Å². The first kappa shape index (κ1) is 11.4. The molecule has 0 radical (unpaired) electrons. The van der Waals surface area contributed by atoms with Crippen LogP contribution in [0, 0.1) is 0 Å². The zero-order chi connectivity index (χ0) is 12.4. The predicted molar refractivity (Wildman–Crippen MR) is 64.0 cm³/mol. The summed E-state index contributed by atoms with van der Waals surface area (Å²) in [5.41, 5.74) is 0.614. The van der Waals surface area contributed by atoms with Crippen LogP contribution >= 0.6 is 0 Å². The summed E-state index contributed by atoms with van der Waals surface area (Å²) in [4.78, 5) is 22.6. The van der Waals surface area contributed by atoms with E-state index in [2.05, 4.69) is 25.0 Å². The monoisotopic (exact) mass is 234 g/mol. The molecule has 2 heterocycles. The Hall–Kier alpha value is -2.11. The van der Waals surface area contributed by atoms with Crippen LogP contribution in [0.5, 0.6) is 0 Å². The molecule has 90 valence electrons. The van der Waals surface area contributed by atoms with Gasteiger partial charge in [-0.2, -0.15) is 0 Å². The van der Waals surface area contributed by atoms with Crippen molar-refractivity contribution in [2.75, 3.05) is 12.4 Å². The van der Waals surface area contributed by atoms with E-state index in [4.69, 9.17) is 0 Å². The number of H-pyrrole nitrogens is 1. The smallest absolute Gasteiger partial charge is 0.376 e. The van der Waals surface area contributed by atoms with Crippen molar-refractivity contribution < 1.29 is 9.53 Å². The van der Waals surface area contributed by atoms with E-state index in [9.17, 15) is 4.79 Å². The normalized spacial score (nSPS) is 10.8. The fraction of sp³-hybridized carbons (Fsp3) is 0.364. The van der Waals surface area contributed by atoms with Crippen LogP contribution in [0.2, 0.25) is 0 Å². The quantitative estimate of drug-likeness (QED) is 0.788. The highest BCUT2D eigenvalue weighted by molar-refractivity contribution is 5.92. The Morgan fingerprint density at radius 3 is 2.88 bits per heavy atom. The molecule has 0 unspecified atom stereocenters. The van der Waals surface area contributed by atoms with Gasteiger partial charge in [-0.1, -0.05) is 0 Å². The third-order valence-electron chi connectivity index (χ3n) is 2.21. The number of esters is 1. The Morgan fingerprint density at radius 2 is 2.24 bits per heavy atom. The average molecular weight is 234 g/mol. The highest BCUT2D eigenvalue weighted by atomic mass is 16.5. The molecular formula is C11H14N4O2. The topological polar surface area (TPSA) is 79.9 Å². The number of carbonyl (C=O) groups is 1. The van der Waals surface area contributed by atoms with Gasteiger partial charge in [0.05, 0.1) is 12.5 Å². The minimum absolute atomic E-state index is 0.0469. The molecule has 2 rings (SSSR count). The molecule has 0 aliphatic rings. The molecule has 2 aromatic rings. The summed E-state index contributed by atoms with van der Waals surface area (Å²) in [5.74, 6) is 0.130. The van der Waals surface area contributed by atoms with Crippen molar-refractivity contribution in [3.63, 3.8) is 0 Å². The summed E-state index contributed by atoms with van der Waals surface area (Å²) in [6.45, 7) is 4.00. The number of fused-ring (bicyclic) bond motifs is 1. The Bertz CT molecular complexity index is 547. The number of nitrogens with one attached hydrogen (secondary N) is 2. The molecule has 2 aromatic heterocycles. The zero-order valence-corrected chi connectivity index (χ0v) is 9.94. The number of hydrogen-bond acceptors (Lipinski definition) is 5. The molecule has 0 aliphatic heterocycles. The number of nitrogens with zero attached hydrogens (tertiary/aromatic N) is 2. The summed E-state index contributed by atoms with van der Waals surface area (Å²) < 4.78 is 4.62. The van der Waals surface area contributed by atoms with Crippen LogP contribution < -0.4 is 5.32 Å². The van der Waals surface area contributed by atoms with E-state index in [1.807, 2.05) is 19.9 Å². The molecule has 6 heteroatoms. The number of anilines is 1. The predicted octanol–water partition coefficient (Wildman–Crippen LogP) is 1.56. The van der Waals surface area contributed by atoms with Gasteiger partial charge in [0.25, 0.3) is 0 Å². The number of rotatable bonds is 3. The highest BCUT2D eigenvalue weighted by Gasteiger charge is 2.15. The van der Waals surface area contributed by atoms with Crippen molar-refractivity contribution in [3.05, 3.63) is 18.1 Å². The van der Waals surface area contributed by atoms with Crippen LogP contribution in [0.4, 0.5) is 5.82 Å². The van der Waals surface area contributed by atoms with Gasteiger partial charge in [-0.25, -0.2) is 14.8 Å². The maximum absolute atomic E-state index is 11.4. The zero-order valence-electron chi connectivity index (χ0n) is 9.94. The number of methoxy groups -OCH3 is 1. The number of ether oxygens (including phenoxy) is 1. The average Bonchev–Trinajstić information content (AvgIpc) is 2.75. The fourth-order valence-corrected chi connectivity index (χ4v) is 1.51. The van der Waals surface area contributed by atoms with Crippen molar-refractivity contribution in [3.8, 4) is 0 Å². The summed E-state index contributed by atoms with van der Waals surface area (Å²) in [7, 11) is 1.31. The van der Waals surface area contributed by atoms with E-state index in [0.29, 0.717) is 11.5 Å². The van der Waals surface area contributed by atoms with Gasteiger partial charge in [0, 0.05) is 12.2 Å². The van der Waals surface area contributed by atoms with Crippen LogP contribution in [0.1, 0.15) is 24.5 Å². The lowest BCUT2D eigenvalue weighted by atomic mass is 10.3. The maximum Gasteiger partial charge on any atom is 0.376 e. The Labute approximate surface area is 98.4 Å². The molecular weight excluding hydrogens is 220 g/mol. The first-order valence-corrected chi connectivity index (χ1v) is 5.31. The molecule has 17 heavy (non-hydrogen) atoms. The van der Waals surface area contributed by atoms with E-state index in [0.717, 1.165) is 5.39 Å². The van der Waals surface area contributed by atoms with Gasteiger partial charge < -0.3 is 15.0 Å². The summed E-state index contributed by atoms with van der Waals surface area (Å²) >= 11 is 0. The maximum atomic E-state index is 11.4. The van der Waals surface area contributed by atoms with Crippen molar-refractivity contribution in [2.24, 2.45) is 0 Å². The Balaban J connectivity index is 2.54. The van der Waals surface area contributed by atoms with Crippen LogP contribution in [-0.4, -0.2) is 34.1 Å². The van der Waals surface area contributed by atoms with E-state index >= 15 is 0 Å². The molecule has 0 fully saturated rings. The molecule has 0 spiro atoms. The second-order valence-electron chi connectivity index (χ2n) is 3.93. The minimum atomic E-state index is -0.548. The lowest BCUT2D eigenvalue weighted by Gasteiger charge is -2.10. The molecule has 2 N–H and O–H groups in total. The summed E-state index contributed by atoms with van der Waals surface area (Å²) in [6.07, 6.45) is 1.76. The van der Waals surface area contributed by atoms with Crippen LogP contribution in [0.3, 0.4) is 0 Å². The van der Waals surface area contributed by atoms with Crippen molar-refractivity contribution in [1.29, 1.82) is 0 Å². The second kappa shape index (κ2) is 4.40. The van der Waals surface area contributed by atoms with Crippen molar-refractivity contribution in [2.45, 2.75) is 19.9 Å². The standard InChI is InChI=1S/C11H14N4O2/c1-6(2)13-9-7-4-5-12-8(7)14-10(15-9)11(16)17-3/h4-6H,1-3H3,(H2,12,13,14,15). The molecule has 0 saturated carbocycles. The lowest BCUT2D eigenvalue weighted by molar-refractivity contribution is 0.0587. The van der Waals surface area contributed by atoms with Crippen LogP contribution in [0.25, 0.3) is 11.0 Å². The van der Waals surface area contributed by atoms with Crippen LogP contribution in [0.15, 0.2) is 12.3 Å². The molecule has 0 saturated heterocycles. The van der Waals surface area contributed by atoms with Gasteiger partial charge in [0.1, 0.15) is 11.5 Å². The van der Waals surface area contributed by atoms with Gasteiger partial charge in [-0.3, -0.25) is 0 Å². The Morgan fingerprint density at radius 1 is 1.47 bits per heavy atom.